The molecule has 46 heavy (non-hydrogen) atoms. The highest BCUT2D eigenvalue weighted by Crippen LogP contribution is 2.37. The van der Waals surface area contributed by atoms with Crippen molar-refractivity contribution < 1.29 is 18.7 Å². The number of benzene rings is 4. The van der Waals surface area contributed by atoms with E-state index >= 15 is 0 Å². The summed E-state index contributed by atoms with van der Waals surface area (Å²) in [4.78, 5) is 27.2. The predicted octanol–water partition coefficient (Wildman–Crippen LogP) is 7.54. The van der Waals surface area contributed by atoms with Gasteiger partial charge in [-0.3, -0.25) is 0 Å². The molecule has 0 aliphatic carbocycles. The van der Waals surface area contributed by atoms with Crippen molar-refractivity contribution in [3.63, 3.8) is 0 Å². The minimum Gasteiger partial charge on any atom is -0.444 e. The number of amides is 1. The Hall–Kier alpha value is -4.04. The van der Waals surface area contributed by atoms with Gasteiger partial charge in [0.25, 0.3) is 0 Å². The molecule has 1 saturated heterocycles. The highest BCUT2D eigenvalue weighted by Gasteiger charge is 2.35. The van der Waals surface area contributed by atoms with Crippen molar-refractivity contribution in [2.24, 2.45) is 0 Å². The fraction of sp³-hybridized carbons (Fsp3) is 0.316. The van der Waals surface area contributed by atoms with Gasteiger partial charge in [0.15, 0.2) is 0 Å². The molecular weight excluding hydrogens is 601 g/mol. The van der Waals surface area contributed by atoms with E-state index in [0.29, 0.717) is 18.7 Å². The van der Waals surface area contributed by atoms with Crippen LogP contribution in [0.4, 0.5) is 9.18 Å². The van der Waals surface area contributed by atoms with Crippen molar-refractivity contribution >= 4 is 24.8 Å². The molecule has 0 spiro atoms. The van der Waals surface area contributed by atoms with Gasteiger partial charge in [0, 0.05) is 12.0 Å². The number of ether oxygens (including phenoxy) is 1. The van der Waals surface area contributed by atoms with Gasteiger partial charge < -0.3 is 14.4 Å². The minimum atomic E-state index is -0.595. The number of carbonyl (C=O) groups excluding carboxylic acids is 2. The SMILES string of the molecule is Cl.O=CCN(NCC(CCCN1CCC(c2cccc(F)c2)CC1)(c1ccccc1)c1ccccc1)C(=O)OCc1ccccc1. The summed E-state index contributed by atoms with van der Waals surface area (Å²) >= 11 is 0. The molecule has 8 heteroatoms. The second kappa shape index (κ2) is 17.6. The van der Waals surface area contributed by atoms with Crippen molar-refractivity contribution in [2.45, 2.75) is 43.6 Å². The van der Waals surface area contributed by atoms with Crippen molar-refractivity contribution in [3.8, 4) is 0 Å². The van der Waals surface area contributed by atoms with Gasteiger partial charge in [0.1, 0.15) is 18.7 Å². The number of aldehydes is 1. The Balaban J connectivity index is 0.00000480. The zero-order chi connectivity index (χ0) is 31.3. The molecular formula is C38H43ClFN3O3. The van der Waals surface area contributed by atoms with Crippen LogP contribution in [0.3, 0.4) is 0 Å². The van der Waals surface area contributed by atoms with E-state index in [9.17, 15) is 14.0 Å². The van der Waals surface area contributed by atoms with E-state index in [1.807, 2.05) is 72.8 Å². The number of piperidine rings is 1. The summed E-state index contributed by atoms with van der Waals surface area (Å²) in [5, 5.41) is 1.27. The molecule has 1 heterocycles. The first-order chi connectivity index (χ1) is 22.1. The molecule has 0 saturated carbocycles. The number of halogens is 2. The van der Waals surface area contributed by atoms with Crippen LogP contribution in [0.25, 0.3) is 0 Å². The number of hydrogen-bond acceptors (Lipinski definition) is 5. The number of rotatable bonds is 14. The lowest BCUT2D eigenvalue weighted by Gasteiger charge is -2.38. The molecule has 0 aromatic heterocycles. The maximum Gasteiger partial charge on any atom is 0.424 e. The number of nitrogens with zero attached hydrogens (tertiary/aromatic N) is 2. The Morgan fingerprint density at radius 1 is 0.891 bits per heavy atom. The first-order valence-electron chi connectivity index (χ1n) is 15.8. The van der Waals surface area contributed by atoms with E-state index < -0.39 is 11.5 Å². The third-order valence-corrected chi connectivity index (χ3v) is 8.89. The summed E-state index contributed by atoms with van der Waals surface area (Å²) in [6.07, 6.45) is 3.89. The second-order valence-electron chi connectivity index (χ2n) is 11.7. The number of hydrazine groups is 1. The molecule has 1 aliphatic rings. The number of carbonyl (C=O) groups is 2. The first kappa shape index (κ1) is 34.8. The Bertz CT molecular complexity index is 1450. The predicted molar refractivity (Wildman–Crippen MR) is 182 cm³/mol. The Kier molecular flexibility index (Phi) is 13.3. The number of nitrogens with one attached hydrogen (secondary N) is 1. The van der Waals surface area contributed by atoms with Crippen LogP contribution in [0.15, 0.2) is 115 Å². The van der Waals surface area contributed by atoms with E-state index in [4.69, 9.17) is 4.74 Å². The van der Waals surface area contributed by atoms with Gasteiger partial charge in [-0.25, -0.2) is 19.6 Å². The van der Waals surface area contributed by atoms with Gasteiger partial charge in [-0.1, -0.05) is 103 Å². The molecule has 1 fully saturated rings. The molecule has 0 bridgehead atoms. The number of likely N-dealkylation sites (tertiary alicyclic amines) is 1. The van der Waals surface area contributed by atoms with Gasteiger partial charge in [-0.15, -0.1) is 12.4 Å². The minimum absolute atomic E-state index is 0. The molecule has 0 atom stereocenters. The van der Waals surface area contributed by atoms with E-state index in [1.54, 1.807) is 12.1 Å². The van der Waals surface area contributed by atoms with Crippen molar-refractivity contribution in [2.75, 3.05) is 32.7 Å². The second-order valence-corrected chi connectivity index (χ2v) is 11.7. The Labute approximate surface area is 278 Å². The average molecular weight is 644 g/mol. The van der Waals surface area contributed by atoms with Crippen LogP contribution < -0.4 is 5.43 Å². The molecule has 1 amide bonds. The first-order valence-corrected chi connectivity index (χ1v) is 15.8. The standard InChI is InChI=1S/C38H42FN3O3.ClH/c39-36-19-10-14-33(28-36)32-20-24-41(25-21-32)23-11-22-38(34-15-6-2-7-16-34,35-17-8-3-9-18-35)30-40-42(26-27-43)37(44)45-29-31-12-4-1-5-13-31;/h1-10,12-19,27-28,32,40H,11,20-26,29-30H2;1H. The van der Waals surface area contributed by atoms with Crippen molar-refractivity contribution in [1.29, 1.82) is 0 Å². The van der Waals surface area contributed by atoms with Crippen LogP contribution in [0.2, 0.25) is 0 Å². The highest BCUT2D eigenvalue weighted by molar-refractivity contribution is 5.85. The monoisotopic (exact) mass is 643 g/mol. The van der Waals surface area contributed by atoms with Gasteiger partial charge in [0.05, 0.1) is 6.54 Å². The van der Waals surface area contributed by atoms with E-state index in [-0.39, 0.29) is 31.4 Å². The van der Waals surface area contributed by atoms with Crippen LogP contribution in [0.1, 0.15) is 53.9 Å². The fourth-order valence-corrected chi connectivity index (χ4v) is 6.42. The maximum absolute atomic E-state index is 13.8. The quantitative estimate of drug-likeness (QED) is 0.114. The Morgan fingerprint density at radius 2 is 1.50 bits per heavy atom. The molecule has 0 unspecified atom stereocenters. The van der Waals surface area contributed by atoms with Crippen molar-refractivity contribution in [1.82, 2.24) is 15.3 Å². The molecule has 5 rings (SSSR count). The molecule has 4 aromatic carbocycles. The zero-order valence-corrected chi connectivity index (χ0v) is 26.9. The van der Waals surface area contributed by atoms with Crippen molar-refractivity contribution in [3.05, 3.63) is 143 Å². The molecule has 242 valence electrons. The maximum atomic E-state index is 13.8. The van der Waals surface area contributed by atoms with E-state index in [1.165, 1.54) is 11.1 Å². The lowest BCUT2D eigenvalue weighted by Crippen LogP contribution is -2.51. The van der Waals surface area contributed by atoms with Crippen LogP contribution >= 0.6 is 12.4 Å². The summed E-state index contributed by atoms with van der Waals surface area (Å²) in [5.74, 6) is 0.220. The smallest absolute Gasteiger partial charge is 0.424 e. The van der Waals surface area contributed by atoms with Crippen LogP contribution in [-0.4, -0.2) is 55.0 Å². The van der Waals surface area contributed by atoms with Crippen LogP contribution in [0, 0.1) is 5.82 Å². The topological polar surface area (TPSA) is 61.9 Å². The van der Waals surface area contributed by atoms with Gasteiger partial charge in [0.2, 0.25) is 0 Å². The molecule has 1 aliphatic heterocycles. The highest BCUT2D eigenvalue weighted by atomic mass is 35.5. The zero-order valence-electron chi connectivity index (χ0n) is 26.1. The molecule has 0 radical (unpaired) electrons. The van der Waals surface area contributed by atoms with Gasteiger partial charge >= 0.3 is 6.09 Å². The third kappa shape index (κ3) is 9.25. The molecule has 6 nitrogen and oxygen atoms in total. The largest absolute Gasteiger partial charge is 0.444 e. The molecule has 4 aromatic rings. The number of hydrogen-bond donors (Lipinski definition) is 1. The van der Waals surface area contributed by atoms with E-state index in [2.05, 4.69) is 34.6 Å². The Morgan fingerprint density at radius 3 is 2.09 bits per heavy atom. The summed E-state index contributed by atoms with van der Waals surface area (Å²) in [6, 6.07) is 37.2. The third-order valence-electron chi connectivity index (χ3n) is 8.89. The van der Waals surface area contributed by atoms with Gasteiger partial charge in [-0.2, -0.15) is 0 Å². The lowest BCUT2D eigenvalue weighted by atomic mass is 9.71. The summed E-state index contributed by atoms with van der Waals surface area (Å²) in [5.41, 5.74) is 7.07. The lowest BCUT2D eigenvalue weighted by molar-refractivity contribution is -0.109. The summed E-state index contributed by atoms with van der Waals surface area (Å²) in [6.45, 7) is 3.28. The average Bonchev–Trinajstić information content (AvgIpc) is 3.09. The van der Waals surface area contributed by atoms with Gasteiger partial charge in [-0.05, 0) is 85.6 Å². The van der Waals surface area contributed by atoms with Crippen LogP contribution in [0.5, 0.6) is 0 Å². The summed E-state index contributed by atoms with van der Waals surface area (Å²) in [7, 11) is 0. The fourth-order valence-electron chi connectivity index (χ4n) is 6.42. The molecule has 1 N–H and O–H groups in total. The summed E-state index contributed by atoms with van der Waals surface area (Å²) < 4.78 is 19.4. The van der Waals surface area contributed by atoms with Crippen LogP contribution in [-0.2, 0) is 21.6 Å². The normalized spacial score (nSPS) is 13.8. The van der Waals surface area contributed by atoms with E-state index in [0.717, 1.165) is 67.6 Å².